The lowest BCUT2D eigenvalue weighted by Gasteiger charge is -2.26. The molecule has 10 heteroatoms. The number of rotatable bonds is 4. The van der Waals surface area contributed by atoms with Gasteiger partial charge in [0.05, 0.1) is 47.7 Å². The smallest absolute Gasteiger partial charge is 0.261 e. The van der Waals surface area contributed by atoms with E-state index in [1.807, 2.05) is 24.3 Å². The summed E-state index contributed by atoms with van der Waals surface area (Å²) < 4.78 is 8.82. The molecule has 0 atom stereocenters. The van der Waals surface area contributed by atoms with Crippen LogP contribution in [0.5, 0.6) is 0 Å². The van der Waals surface area contributed by atoms with E-state index in [0.717, 1.165) is 53.7 Å². The van der Waals surface area contributed by atoms with Crippen LogP contribution in [0.15, 0.2) is 67.6 Å². The van der Waals surface area contributed by atoms with Crippen LogP contribution < -0.4 is 11.1 Å². The van der Waals surface area contributed by atoms with Gasteiger partial charge in [-0.2, -0.15) is 0 Å². The third-order valence-corrected chi connectivity index (χ3v) is 6.35. The fourth-order valence-corrected chi connectivity index (χ4v) is 4.34. The fraction of sp³-hybridized carbons (Fsp3) is 0.304. The summed E-state index contributed by atoms with van der Waals surface area (Å²) in [6, 6.07) is 11.0. The number of hydrogen-bond acceptors (Lipinski definition) is 6. The summed E-state index contributed by atoms with van der Waals surface area (Å²) in [4.78, 5) is 36.9. The van der Waals surface area contributed by atoms with Crippen LogP contribution in [-0.2, 0) is 11.3 Å². The highest BCUT2D eigenvalue weighted by Gasteiger charge is 2.10. The Balaban J connectivity index is 0.000000183. The molecule has 1 saturated heterocycles. The van der Waals surface area contributed by atoms with E-state index in [9.17, 15) is 9.59 Å². The van der Waals surface area contributed by atoms with Crippen LogP contribution in [0.4, 0.5) is 0 Å². The molecule has 0 bridgehead atoms. The maximum atomic E-state index is 12.4. The lowest BCUT2D eigenvalue weighted by molar-refractivity contribution is 0.0369. The van der Waals surface area contributed by atoms with E-state index < -0.39 is 0 Å². The van der Waals surface area contributed by atoms with Gasteiger partial charge in [0.1, 0.15) is 0 Å². The highest BCUT2D eigenvalue weighted by atomic mass is 79.9. The van der Waals surface area contributed by atoms with E-state index in [4.69, 9.17) is 4.74 Å². The Hall–Kier alpha value is -2.40. The van der Waals surface area contributed by atoms with Crippen molar-refractivity contribution < 1.29 is 4.74 Å². The van der Waals surface area contributed by atoms with Crippen molar-refractivity contribution >= 4 is 53.7 Å². The van der Waals surface area contributed by atoms with Gasteiger partial charge in [-0.05, 0) is 42.8 Å². The Morgan fingerprint density at radius 3 is 2.30 bits per heavy atom. The van der Waals surface area contributed by atoms with Gasteiger partial charge in [-0.15, -0.1) is 0 Å². The maximum Gasteiger partial charge on any atom is 0.261 e. The molecule has 1 aliphatic rings. The van der Waals surface area contributed by atoms with Crippen LogP contribution in [0.25, 0.3) is 21.8 Å². The SMILES string of the molecule is O=c1[nH]cnc2ccc(Br)cc12.O=c1c2cc(Br)ccc2ncn1CCCN1CCOCC1. The standard InChI is InChI=1S/C15H18BrN3O2.C8H5BrN2O/c16-12-2-3-14-13(10-12)15(20)19(11-17-14)5-1-4-18-6-8-21-9-7-18;9-5-1-2-7-6(3-5)8(12)11-4-10-7/h2-3,10-11H,1,4-9H2;1-4H,(H,10,11,12). The highest BCUT2D eigenvalue weighted by molar-refractivity contribution is 9.10. The molecule has 5 rings (SSSR count). The van der Waals surface area contributed by atoms with Crippen LogP contribution in [-0.4, -0.2) is 57.3 Å². The molecule has 8 nitrogen and oxygen atoms in total. The average Bonchev–Trinajstić information content (AvgIpc) is 2.83. The molecular weight excluding hydrogens is 554 g/mol. The van der Waals surface area contributed by atoms with Gasteiger partial charge in [0.2, 0.25) is 0 Å². The number of ether oxygens (including phenoxy) is 1. The zero-order valence-electron chi connectivity index (χ0n) is 17.8. The predicted octanol–water partition coefficient (Wildman–Crippen LogP) is 3.57. The van der Waals surface area contributed by atoms with Gasteiger partial charge in [0, 0.05) is 35.1 Å². The average molecular weight is 577 g/mol. The number of benzene rings is 2. The first kappa shape index (κ1) is 23.7. The number of nitrogens with zero attached hydrogens (tertiary/aromatic N) is 4. The van der Waals surface area contributed by atoms with E-state index in [0.29, 0.717) is 22.8 Å². The van der Waals surface area contributed by atoms with Crippen molar-refractivity contribution in [2.24, 2.45) is 0 Å². The molecule has 0 radical (unpaired) electrons. The summed E-state index contributed by atoms with van der Waals surface area (Å²) in [6.45, 7) is 5.28. The Kier molecular flexibility index (Phi) is 8.02. The van der Waals surface area contributed by atoms with E-state index in [1.165, 1.54) is 6.33 Å². The second kappa shape index (κ2) is 11.1. The van der Waals surface area contributed by atoms with Crippen LogP contribution >= 0.6 is 31.9 Å². The van der Waals surface area contributed by atoms with Crippen LogP contribution in [0.3, 0.4) is 0 Å². The first-order valence-corrected chi connectivity index (χ1v) is 12.2. The number of hydrogen-bond donors (Lipinski definition) is 1. The molecule has 2 aromatic heterocycles. The Morgan fingerprint density at radius 2 is 1.58 bits per heavy atom. The van der Waals surface area contributed by atoms with Crippen molar-refractivity contribution in [1.82, 2.24) is 24.4 Å². The monoisotopic (exact) mass is 575 g/mol. The molecule has 172 valence electrons. The summed E-state index contributed by atoms with van der Waals surface area (Å²) >= 11 is 6.69. The predicted molar refractivity (Wildman–Crippen MR) is 136 cm³/mol. The van der Waals surface area contributed by atoms with Gasteiger partial charge in [-0.1, -0.05) is 31.9 Å². The van der Waals surface area contributed by atoms with E-state index >= 15 is 0 Å². The Labute approximate surface area is 206 Å². The quantitative estimate of drug-likeness (QED) is 0.399. The summed E-state index contributed by atoms with van der Waals surface area (Å²) in [5.41, 5.74) is 1.37. The van der Waals surface area contributed by atoms with E-state index in [1.54, 1.807) is 23.0 Å². The first-order valence-electron chi connectivity index (χ1n) is 10.6. The van der Waals surface area contributed by atoms with Crippen molar-refractivity contribution in [3.05, 3.63) is 78.7 Å². The molecule has 2 aromatic carbocycles. The molecule has 0 amide bonds. The van der Waals surface area contributed by atoms with Crippen molar-refractivity contribution in [1.29, 1.82) is 0 Å². The Morgan fingerprint density at radius 1 is 0.909 bits per heavy atom. The second-order valence-electron chi connectivity index (χ2n) is 7.61. The lowest BCUT2D eigenvalue weighted by Crippen LogP contribution is -2.37. The van der Waals surface area contributed by atoms with Crippen LogP contribution in [0, 0.1) is 0 Å². The minimum absolute atomic E-state index is 0.0308. The molecule has 1 fully saturated rings. The molecule has 3 heterocycles. The maximum absolute atomic E-state index is 12.4. The summed E-state index contributed by atoms with van der Waals surface area (Å²) in [5.74, 6) is 0. The first-order chi connectivity index (χ1) is 16.0. The number of nitrogens with one attached hydrogen (secondary N) is 1. The number of aryl methyl sites for hydroxylation is 1. The van der Waals surface area contributed by atoms with Crippen LogP contribution in [0.1, 0.15) is 6.42 Å². The number of fused-ring (bicyclic) bond motifs is 2. The highest BCUT2D eigenvalue weighted by Crippen LogP contribution is 2.15. The molecule has 0 unspecified atom stereocenters. The van der Waals surface area contributed by atoms with Gasteiger partial charge in [-0.25, -0.2) is 9.97 Å². The van der Waals surface area contributed by atoms with Crippen LogP contribution in [0.2, 0.25) is 0 Å². The second-order valence-corrected chi connectivity index (χ2v) is 9.44. The summed E-state index contributed by atoms with van der Waals surface area (Å²) in [7, 11) is 0. The van der Waals surface area contributed by atoms with Gasteiger partial charge < -0.3 is 9.72 Å². The molecule has 0 saturated carbocycles. The number of aromatic nitrogens is 4. The fourth-order valence-electron chi connectivity index (χ4n) is 3.62. The topological polar surface area (TPSA) is 93.1 Å². The molecule has 0 aliphatic carbocycles. The molecule has 1 N–H and O–H groups in total. The largest absolute Gasteiger partial charge is 0.379 e. The minimum Gasteiger partial charge on any atom is -0.379 e. The number of H-pyrrole nitrogens is 1. The molecular formula is C23H23Br2N5O3. The number of aromatic amines is 1. The third kappa shape index (κ3) is 6.14. The number of halogens is 2. The van der Waals surface area contributed by atoms with Crippen molar-refractivity contribution in [2.45, 2.75) is 13.0 Å². The van der Waals surface area contributed by atoms with E-state index in [2.05, 4.69) is 51.7 Å². The van der Waals surface area contributed by atoms with Gasteiger partial charge in [-0.3, -0.25) is 19.1 Å². The van der Waals surface area contributed by atoms with Gasteiger partial charge >= 0.3 is 0 Å². The van der Waals surface area contributed by atoms with E-state index in [-0.39, 0.29) is 11.1 Å². The molecule has 4 aromatic rings. The van der Waals surface area contributed by atoms with Crippen molar-refractivity contribution in [3.8, 4) is 0 Å². The lowest BCUT2D eigenvalue weighted by atomic mass is 10.2. The molecule has 0 spiro atoms. The zero-order valence-corrected chi connectivity index (χ0v) is 21.0. The molecule has 33 heavy (non-hydrogen) atoms. The number of morpholine rings is 1. The zero-order chi connectivity index (χ0) is 23.2. The Bertz CT molecular complexity index is 1370. The van der Waals surface area contributed by atoms with Crippen molar-refractivity contribution in [2.75, 3.05) is 32.8 Å². The minimum atomic E-state index is -0.110. The summed E-state index contributed by atoms with van der Waals surface area (Å²) in [5, 5.41) is 1.27. The molecule has 1 aliphatic heterocycles. The normalized spacial score (nSPS) is 14.2. The third-order valence-electron chi connectivity index (χ3n) is 5.37. The van der Waals surface area contributed by atoms with Gasteiger partial charge in [0.25, 0.3) is 11.1 Å². The summed E-state index contributed by atoms with van der Waals surface area (Å²) in [6.07, 6.45) is 4.00. The van der Waals surface area contributed by atoms with Gasteiger partial charge in [0.15, 0.2) is 0 Å². The van der Waals surface area contributed by atoms with Crippen molar-refractivity contribution in [3.63, 3.8) is 0 Å².